The highest BCUT2D eigenvalue weighted by Gasteiger charge is 2.03. The van der Waals surface area contributed by atoms with Crippen LogP contribution in [0.4, 0.5) is 0 Å². The molecule has 0 N–H and O–H groups in total. The van der Waals surface area contributed by atoms with Gasteiger partial charge in [-0.3, -0.25) is 9.98 Å². The SMILES string of the molecule is CC=NC(N=CC)c1ccccc1. The predicted octanol–water partition coefficient (Wildman–Crippen LogP) is 2.87. The Morgan fingerprint density at radius 1 is 1.00 bits per heavy atom. The highest BCUT2D eigenvalue weighted by Crippen LogP contribution is 2.17. The van der Waals surface area contributed by atoms with Crippen molar-refractivity contribution in [1.29, 1.82) is 0 Å². The molecule has 0 radical (unpaired) electrons. The fraction of sp³-hybridized carbons (Fsp3) is 0.273. The van der Waals surface area contributed by atoms with E-state index < -0.39 is 0 Å². The second-order valence-corrected chi connectivity index (χ2v) is 2.60. The largest absolute Gasteiger partial charge is 0.266 e. The number of hydrogen-bond donors (Lipinski definition) is 0. The molecule has 1 rings (SSSR count). The van der Waals surface area contributed by atoms with Crippen molar-refractivity contribution in [3.63, 3.8) is 0 Å². The lowest BCUT2D eigenvalue weighted by atomic mass is 10.2. The minimum Gasteiger partial charge on any atom is -0.266 e. The second-order valence-electron chi connectivity index (χ2n) is 2.60. The standard InChI is InChI=1S/C11H14N2/c1-3-12-11(13-4-2)10-8-6-5-7-9-10/h3-9,11H,1-2H3. The first kappa shape index (κ1) is 9.65. The van der Waals surface area contributed by atoms with E-state index in [9.17, 15) is 0 Å². The zero-order valence-electron chi connectivity index (χ0n) is 8.01. The average molecular weight is 174 g/mol. The zero-order chi connectivity index (χ0) is 9.52. The van der Waals surface area contributed by atoms with Gasteiger partial charge in [0.25, 0.3) is 0 Å². The molecule has 2 heteroatoms. The summed E-state index contributed by atoms with van der Waals surface area (Å²) in [6.45, 7) is 3.81. The lowest BCUT2D eigenvalue weighted by Gasteiger charge is -2.05. The quantitative estimate of drug-likeness (QED) is 0.629. The predicted molar refractivity (Wildman–Crippen MR) is 57.5 cm³/mol. The number of benzene rings is 1. The summed E-state index contributed by atoms with van der Waals surface area (Å²) < 4.78 is 0. The maximum absolute atomic E-state index is 4.26. The summed E-state index contributed by atoms with van der Waals surface area (Å²) >= 11 is 0. The van der Waals surface area contributed by atoms with E-state index >= 15 is 0 Å². The topological polar surface area (TPSA) is 24.7 Å². The van der Waals surface area contributed by atoms with Crippen LogP contribution in [0.5, 0.6) is 0 Å². The Balaban J connectivity index is 2.88. The number of hydrogen-bond acceptors (Lipinski definition) is 2. The molecule has 0 heterocycles. The summed E-state index contributed by atoms with van der Waals surface area (Å²) in [7, 11) is 0. The van der Waals surface area contributed by atoms with Crippen LogP contribution in [0, 0.1) is 0 Å². The minimum absolute atomic E-state index is 0.0730. The Morgan fingerprint density at radius 2 is 1.54 bits per heavy atom. The first-order valence-corrected chi connectivity index (χ1v) is 4.39. The van der Waals surface area contributed by atoms with Gasteiger partial charge in [0.1, 0.15) is 0 Å². The van der Waals surface area contributed by atoms with Crippen molar-refractivity contribution in [2.75, 3.05) is 0 Å². The van der Waals surface area contributed by atoms with E-state index in [0.29, 0.717) is 0 Å². The maximum atomic E-state index is 4.26. The van der Waals surface area contributed by atoms with Gasteiger partial charge in [-0.15, -0.1) is 0 Å². The van der Waals surface area contributed by atoms with Gasteiger partial charge in [0.15, 0.2) is 6.17 Å². The molecule has 1 aromatic rings. The average Bonchev–Trinajstić information content (AvgIpc) is 2.19. The second kappa shape index (κ2) is 5.25. The van der Waals surface area contributed by atoms with E-state index in [2.05, 4.69) is 9.98 Å². The fourth-order valence-electron chi connectivity index (χ4n) is 1.12. The van der Waals surface area contributed by atoms with Crippen LogP contribution in [0.3, 0.4) is 0 Å². The Kier molecular flexibility index (Phi) is 3.89. The minimum atomic E-state index is -0.0730. The highest BCUT2D eigenvalue weighted by atomic mass is 15.0. The molecule has 0 aliphatic carbocycles. The van der Waals surface area contributed by atoms with Crippen LogP contribution in [-0.2, 0) is 0 Å². The molecular weight excluding hydrogens is 160 g/mol. The van der Waals surface area contributed by atoms with Crippen molar-refractivity contribution in [1.82, 2.24) is 0 Å². The van der Waals surface area contributed by atoms with Gasteiger partial charge in [-0.2, -0.15) is 0 Å². The summed E-state index contributed by atoms with van der Waals surface area (Å²) in [5.41, 5.74) is 1.12. The lowest BCUT2D eigenvalue weighted by molar-refractivity contribution is 0.786. The van der Waals surface area contributed by atoms with Gasteiger partial charge in [0.05, 0.1) is 0 Å². The first-order valence-electron chi connectivity index (χ1n) is 4.39. The fourth-order valence-corrected chi connectivity index (χ4v) is 1.12. The molecule has 0 amide bonds. The number of aliphatic imine (C=N–C) groups is 2. The molecule has 0 saturated heterocycles. The molecule has 0 atom stereocenters. The highest BCUT2D eigenvalue weighted by molar-refractivity contribution is 5.56. The van der Waals surface area contributed by atoms with Gasteiger partial charge >= 0.3 is 0 Å². The van der Waals surface area contributed by atoms with Gasteiger partial charge in [-0.1, -0.05) is 30.3 Å². The number of nitrogens with zero attached hydrogens (tertiary/aromatic N) is 2. The van der Waals surface area contributed by atoms with Crippen molar-refractivity contribution in [3.8, 4) is 0 Å². The van der Waals surface area contributed by atoms with Gasteiger partial charge in [-0.25, -0.2) is 0 Å². The summed E-state index contributed by atoms with van der Waals surface area (Å²) in [4.78, 5) is 8.52. The van der Waals surface area contributed by atoms with Gasteiger partial charge < -0.3 is 0 Å². The normalized spacial score (nSPS) is 14.0. The van der Waals surface area contributed by atoms with E-state index in [-0.39, 0.29) is 6.17 Å². The summed E-state index contributed by atoms with van der Waals surface area (Å²) in [6.07, 6.45) is 3.49. The van der Waals surface area contributed by atoms with Crippen LogP contribution in [0.1, 0.15) is 25.6 Å². The number of rotatable bonds is 3. The molecule has 0 saturated carbocycles. The molecule has 2 nitrogen and oxygen atoms in total. The Bertz CT molecular complexity index is 276. The van der Waals surface area contributed by atoms with Crippen LogP contribution in [0.15, 0.2) is 40.3 Å². The molecule has 1 aromatic carbocycles. The van der Waals surface area contributed by atoms with E-state index in [0.717, 1.165) is 5.56 Å². The molecule has 0 aliphatic rings. The van der Waals surface area contributed by atoms with E-state index in [1.807, 2.05) is 44.2 Å². The molecule has 0 fully saturated rings. The van der Waals surface area contributed by atoms with Crippen molar-refractivity contribution in [2.24, 2.45) is 9.98 Å². The summed E-state index contributed by atoms with van der Waals surface area (Å²) in [5, 5.41) is 0. The third-order valence-corrected chi connectivity index (χ3v) is 1.68. The van der Waals surface area contributed by atoms with Crippen LogP contribution in [-0.4, -0.2) is 12.4 Å². The first-order chi connectivity index (χ1) is 6.38. The van der Waals surface area contributed by atoms with Gasteiger partial charge in [0, 0.05) is 0 Å². The third kappa shape index (κ3) is 2.82. The smallest absolute Gasteiger partial charge is 0.164 e. The van der Waals surface area contributed by atoms with Crippen molar-refractivity contribution in [2.45, 2.75) is 20.0 Å². The van der Waals surface area contributed by atoms with E-state index in [4.69, 9.17) is 0 Å². The van der Waals surface area contributed by atoms with Crippen molar-refractivity contribution >= 4 is 12.4 Å². The van der Waals surface area contributed by atoms with Crippen LogP contribution < -0.4 is 0 Å². The molecule has 13 heavy (non-hydrogen) atoms. The molecule has 68 valence electrons. The van der Waals surface area contributed by atoms with Crippen molar-refractivity contribution < 1.29 is 0 Å². The van der Waals surface area contributed by atoms with E-state index in [1.54, 1.807) is 12.4 Å². The van der Waals surface area contributed by atoms with Crippen LogP contribution >= 0.6 is 0 Å². The van der Waals surface area contributed by atoms with Crippen LogP contribution in [0.25, 0.3) is 0 Å². The van der Waals surface area contributed by atoms with E-state index in [1.165, 1.54) is 0 Å². The molecule has 0 bridgehead atoms. The maximum Gasteiger partial charge on any atom is 0.164 e. The van der Waals surface area contributed by atoms with Gasteiger partial charge in [-0.05, 0) is 31.8 Å². The molecule has 0 spiro atoms. The van der Waals surface area contributed by atoms with Crippen molar-refractivity contribution in [3.05, 3.63) is 35.9 Å². The van der Waals surface area contributed by atoms with Gasteiger partial charge in [0.2, 0.25) is 0 Å². The Labute approximate surface area is 79.0 Å². The molecule has 0 aliphatic heterocycles. The summed E-state index contributed by atoms with van der Waals surface area (Å²) in [5.74, 6) is 0. The Morgan fingerprint density at radius 3 is 2.00 bits per heavy atom. The lowest BCUT2D eigenvalue weighted by Crippen LogP contribution is -1.91. The zero-order valence-corrected chi connectivity index (χ0v) is 8.01. The van der Waals surface area contributed by atoms with Crippen LogP contribution in [0.2, 0.25) is 0 Å². The summed E-state index contributed by atoms with van der Waals surface area (Å²) in [6, 6.07) is 10.1. The molecule has 0 aromatic heterocycles. The molecular formula is C11H14N2. The Hall–Kier alpha value is -1.44. The molecule has 0 unspecified atom stereocenters. The monoisotopic (exact) mass is 174 g/mol. The third-order valence-electron chi connectivity index (χ3n) is 1.68.